The number of nitrogens with one attached hydrogen (secondary N) is 1. The molecule has 0 atom stereocenters. The average Bonchev–Trinajstić information content (AvgIpc) is 3.21. The Morgan fingerprint density at radius 1 is 1.10 bits per heavy atom. The summed E-state index contributed by atoms with van der Waals surface area (Å²) in [6, 6.07) is 18.1. The fraction of sp³-hybridized carbons (Fsp3) is 0.360. The number of aryl methyl sites for hydroxylation is 1. The lowest BCUT2D eigenvalue weighted by Gasteiger charge is -2.28. The van der Waals surface area contributed by atoms with Gasteiger partial charge in [-0.25, -0.2) is 4.68 Å². The van der Waals surface area contributed by atoms with Gasteiger partial charge in [0, 0.05) is 18.3 Å². The number of para-hydroxylation sites is 1. The van der Waals surface area contributed by atoms with Crippen LogP contribution >= 0.6 is 0 Å². The van der Waals surface area contributed by atoms with Crippen molar-refractivity contribution in [3.63, 3.8) is 0 Å². The molecule has 0 saturated carbocycles. The van der Waals surface area contributed by atoms with Crippen LogP contribution in [0.25, 0.3) is 16.9 Å². The van der Waals surface area contributed by atoms with Crippen LogP contribution in [0.2, 0.25) is 0 Å². The smallest absolute Gasteiger partial charge is 0.255 e. The molecule has 3 aromatic rings. The van der Waals surface area contributed by atoms with Crippen molar-refractivity contribution in [3.8, 4) is 16.9 Å². The Balaban J connectivity index is 1.53. The van der Waals surface area contributed by atoms with E-state index in [9.17, 15) is 4.79 Å². The number of likely N-dealkylation sites (tertiary alicyclic amines) is 1. The van der Waals surface area contributed by atoms with Crippen molar-refractivity contribution in [2.24, 2.45) is 5.92 Å². The summed E-state index contributed by atoms with van der Waals surface area (Å²) in [5.41, 5.74) is 4.39. The molecule has 1 aliphatic heterocycles. The molecule has 2 heterocycles. The monoisotopic (exact) mass is 402 g/mol. The number of benzene rings is 2. The van der Waals surface area contributed by atoms with Gasteiger partial charge in [-0.2, -0.15) is 5.10 Å². The van der Waals surface area contributed by atoms with Gasteiger partial charge in [0.05, 0.1) is 11.3 Å². The standard InChI is InChI=1S/C25H30N4O/c1-19-7-6-8-21(17-19)24-23(18-29(27-24)22-9-4-3-5-10-22)25(30)26-14-11-20-12-15-28(2)16-13-20/h3-10,17-18,20H,11-16H2,1-2H3,(H,26,30). The van der Waals surface area contributed by atoms with E-state index in [0.29, 0.717) is 18.0 Å². The number of hydrogen-bond acceptors (Lipinski definition) is 3. The van der Waals surface area contributed by atoms with E-state index in [2.05, 4.69) is 36.3 Å². The van der Waals surface area contributed by atoms with E-state index < -0.39 is 0 Å². The zero-order valence-electron chi connectivity index (χ0n) is 17.8. The summed E-state index contributed by atoms with van der Waals surface area (Å²) in [6.07, 6.45) is 5.31. The van der Waals surface area contributed by atoms with Crippen LogP contribution in [0.4, 0.5) is 0 Å². The second-order valence-corrected chi connectivity index (χ2v) is 8.33. The first-order valence-electron chi connectivity index (χ1n) is 10.8. The molecule has 1 fully saturated rings. The Hall–Kier alpha value is -2.92. The van der Waals surface area contributed by atoms with Gasteiger partial charge in [-0.1, -0.05) is 42.0 Å². The maximum Gasteiger partial charge on any atom is 0.255 e. The summed E-state index contributed by atoms with van der Waals surface area (Å²) in [5.74, 6) is 0.645. The Morgan fingerprint density at radius 3 is 2.60 bits per heavy atom. The van der Waals surface area contributed by atoms with E-state index in [1.165, 1.54) is 12.8 Å². The van der Waals surface area contributed by atoms with E-state index >= 15 is 0 Å². The number of rotatable bonds is 6. The molecule has 0 aliphatic carbocycles. The number of aromatic nitrogens is 2. The lowest BCUT2D eigenvalue weighted by Crippen LogP contribution is -2.32. The van der Waals surface area contributed by atoms with Crippen LogP contribution in [-0.4, -0.2) is 47.3 Å². The van der Waals surface area contributed by atoms with Crippen LogP contribution in [0.3, 0.4) is 0 Å². The molecule has 2 aromatic carbocycles. The van der Waals surface area contributed by atoms with Gasteiger partial charge >= 0.3 is 0 Å². The van der Waals surface area contributed by atoms with Crippen LogP contribution < -0.4 is 5.32 Å². The van der Waals surface area contributed by atoms with Crippen LogP contribution in [-0.2, 0) is 0 Å². The zero-order chi connectivity index (χ0) is 20.9. The molecule has 1 aliphatic rings. The third-order valence-corrected chi connectivity index (χ3v) is 5.95. The fourth-order valence-corrected chi connectivity index (χ4v) is 4.09. The number of carbonyl (C=O) groups excluding carboxylic acids is 1. The van der Waals surface area contributed by atoms with E-state index in [-0.39, 0.29) is 5.91 Å². The van der Waals surface area contributed by atoms with Gasteiger partial charge in [0.1, 0.15) is 5.69 Å². The van der Waals surface area contributed by atoms with Crippen molar-refractivity contribution < 1.29 is 4.79 Å². The zero-order valence-corrected chi connectivity index (χ0v) is 17.8. The lowest BCUT2D eigenvalue weighted by molar-refractivity contribution is 0.0949. The van der Waals surface area contributed by atoms with Crippen LogP contribution in [0, 0.1) is 12.8 Å². The van der Waals surface area contributed by atoms with Crippen LogP contribution in [0.15, 0.2) is 60.8 Å². The Morgan fingerprint density at radius 2 is 1.87 bits per heavy atom. The number of hydrogen-bond donors (Lipinski definition) is 1. The molecule has 0 unspecified atom stereocenters. The normalized spacial score (nSPS) is 15.3. The lowest BCUT2D eigenvalue weighted by atomic mass is 9.94. The minimum absolute atomic E-state index is 0.0541. The first-order valence-corrected chi connectivity index (χ1v) is 10.8. The highest BCUT2D eigenvalue weighted by Crippen LogP contribution is 2.25. The van der Waals surface area contributed by atoms with E-state index in [1.807, 2.05) is 48.7 Å². The van der Waals surface area contributed by atoms with Gasteiger partial charge < -0.3 is 10.2 Å². The summed E-state index contributed by atoms with van der Waals surface area (Å²) < 4.78 is 1.80. The third-order valence-electron chi connectivity index (χ3n) is 5.95. The molecule has 1 amide bonds. The second-order valence-electron chi connectivity index (χ2n) is 8.33. The van der Waals surface area contributed by atoms with Crippen molar-refractivity contribution in [2.75, 3.05) is 26.7 Å². The highest BCUT2D eigenvalue weighted by molar-refractivity contribution is 6.00. The Bertz CT molecular complexity index is 987. The minimum atomic E-state index is -0.0541. The van der Waals surface area contributed by atoms with Gasteiger partial charge in [0.2, 0.25) is 0 Å². The number of piperidine rings is 1. The second kappa shape index (κ2) is 9.26. The van der Waals surface area contributed by atoms with Crippen LogP contribution in [0.1, 0.15) is 35.2 Å². The molecular weight excluding hydrogens is 372 g/mol. The predicted octanol–water partition coefficient (Wildman–Crippen LogP) is 4.31. The largest absolute Gasteiger partial charge is 0.352 e. The van der Waals surface area contributed by atoms with E-state index in [1.54, 1.807) is 4.68 Å². The number of nitrogens with zero attached hydrogens (tertiary/aromatic N) is 3. The summed E-state index contributed by atoms with van der Waals surface area (Å²) in [5, 5.41) is 7.91. The van der Waals surface area contributed by atoms with Gasteiger partial charge in [0.25, 0.3) is 5.91 Å². The van der Waals surface area contributed by atoms with Gasteiger partial charge in [0.15, 0.2) is 0 Å². The molecule has 0 radical (unpaired) electrons. The van der Waals surface area contributed by atoms with E-state index in [4.69, 9.17) is 5.10 Å². The van der Waals surface area contributed by atoms with Crippen molar-refractivity contribution in [3.05, 3.63) is 71.9 Å². The summed E-state index contributed by atoms with van der Waals surface area (Å²) >= 11 is 0. The molecule has 5 heteroatoms. The SMILES string of the molecule is Cc1cccc(-c2nn(-c3ccccc3)cc2C(=O)NCCC2CCN(C)CC2)c1. The minimum Gasteiger partial charge on any atom is -0.352 e. The van der Waals surface area contributed by atoms with Crippen molar-refractivity contribution >= 4 is 5.91 Å². The van der Waals surface area contributed by atoms with Crippen molar-refractivity contribution in [1.29, 1.82) is 0 Å². The molecule has 4 rings (SSSR count). The first kappa shape index (κ1) is 20.4. The molecule has 1 N–H and O–H groups in total. The molecule has 30 heavy (non-hydrogen) atoms. The highest BCUT2D eigenvalue weighted by atomic mass is 16.1. The molecular formula is C25H30N4O. The topological polar surface area (TPSA) is 50.2 Å². The average molecular weight is 403 g/mol. The first-order chi connectivity index (χ1) is 14.6. The quantitative estimate of drug-likeness (QED) is 0.668. The van der Waals surface area contributed by atoms with Crippen molar-refractivity contribution in [2.45, 2.75) is 26.2 Å². The Kier molecular flexibility index (Phi) is 6.29. The molecule has 156 valence electrons. The van der Waals surface area contributed by atoms with Gasteiger partial charge in [-0.15, -0.1) is 0 Å². The summed E-state index contributed by atoms with van der Waals surface area (Å²) in [6.45, 7) is 5.07. The maximum absolute atomic E-state index is 13.1. The van der Waals surface area contributed by atoms with Gasteiger partial charge in [-0.05, 0) is 70.4 Å². The van der Waals surface area contributed by atoms with Gasteiger partial charge in [-0.3, -0.25) is 4.79 Å². The molecule has 1 aromatic heterocycles. The molecule has 0 bridgehead atoms. The third kappa shape index (κ3) is 4.79. The van der Waals surface area contributed by atoms with Crippen molar-refractivity contribution in [1.82, 2.24) is 20.0 Å². The number of carbonyl (C=O) groups is 1. The van der Waals surface area contributed by atoms with E-state index in [0.717, 1.165) is 42.0 Å². The molecule has 1 saturated heterocycles. The molecule has 0 spiro atoms. The number of amides is 1. The predicted molar refractivity (Wildman–Crippen MR) is 121 cm³/mol. The van der Waals surface area contributed by atoms with Crippen LogP contribution in [0.5, 0.6) is 0 Å². The maximum atomic E-state index is 13.1. The summed E-state index contributed by atoms with van der Waals surface area (Å²) in [7, 11) is 2.18. The molecule has 5 nitrogen and oxygen atoms in total. The summed E-state index contributed by atoms with van der Waals surface area (Å²) in [4.78, 5) is 15.5. The highest BCUT2D eigenvalue weighted by Gasteiger charge is 2.20. The fourth-order valence-electron chi connectivity index (χ4n) is 4.09. The Labute approximate surface area is 178 Å².